The molecule has 0 aliphatic carbocycles. The molecule has 4 atom stereocenters. The maximum Gasteiger partial charge on any atom is 0.0987 e. The van der Waals surface area contributed by atoms with E-state index < -0.39 is 6.10 Å². The van der Waals surface area contributed by atoms with Crippen LogP contribution in [0, 0.1) is 0 Å². The molecule has 2 aliphatic heterocycles. The topological polar surface area (TPSA) is 68.0 Å². The van der Waals surface area contributed by atoms with Crippen molar-refractivity contribution < 1.29 is 14.6 Å². The number of nitrogens with two attached hydrogens (primary N) is 1. The molecule has 2 rings (SSSR count). The number of hydrogen-bond acceptors (Lipinski definition) is 5. The van der Waals surface area contributed by atoms with E-state index in [1.54, 1.807) is 7.11 Å². The van der Waals surface area contributed by atoms with E-state index in [-0.39, 0.29) is 12.1 Å². The van der Waals surface area contributed by atoms with Crippen LogP contribution in [-0.2, 0) is 9.47 Å². The number of nitrogens with zero attached hydrogens (tertiary/aromatic N) is 1. The summed E-state index contributed by atoms with van der Waals surface area (Å²) in [6.45, 7) is 3.06. The largest absolute Gasteiger partial charge is 0.389 e. The Hall–Kier alpha value is -0.200. The minimum Gasteiger partial charge on any atom is -0.389 e. The number of ether oxygens (including phenoxy) is 2. The molecule has 2 aliphatic rings. The molecule has 0 radical (unpaired) electrons. The van der Waals surface area contributed by atoms with Crippen molar-refractivity contribution >= 4 is 0 Å². The summed E-state index contributed by atoms with van der Waals surface area (Å²) in [6, 6.07) is 0.242. The van der Waals surface area contributed by atoms with Crippen LogP contribution in [0.5, 0.6) is 0 Å². The fraction of sp³-hybridized carbons (Fsp3) is 1.00. The van der Waals surface area contributed by atoms with Crippen molar-refractivity contribution in [3.8, 4) is 0 Å². The molecule has 0 bridgehead atoms. The molecule has 0 aromatic rings. The standard InChI is InChI=1S/C11H22N2O3/c1-15-6-8-3-2-4-13(8)5-10-11(14)9(12)7-16-10/h8-11,14H,2-7,12H2,1H3. The predicted octanol–water partition coefficient (Wildman–Crippen LogP) is -0.816. The Morgan fingerprint density at radius 1 is 1.56 bits per heavy atom. The van der Waals surface area contributed by atoms with Gasteiger partial charge in [0.15, 0.2) is 0 Å². The second kappa shape index (κ2) is 5.42. The van der Waals surface area contributed by atoms with E-state index in [1.807, 2.05) is 0 Å². The normalized spacial score (nSPS) is 40.7. The molecule has 16 heavy (non-hydrogen) atoms. The number of aliphatic hydroxyl groups excluding tert-OH is 1. The summed E-state index contributed by atoms with van der Waals surface area (Å²) in [5.41, 5.74) is 5.72. The van der Waals surface area contributed by atoms with Gasteiger partial charge in [0, 0.05) is 19.7 Å². The molecular weight excluding hydrogens is 208 g/mol. The molecule has 0 aromatic heterocycles. The van der Waals surface area contributed by atoms with Gasteiger partial charge in [-0.2, -0.15) is 0 Å². The van der Waals surface area contributed by atoms with Crippen molar-refractivity contribution in [3.63, 3.8) is 0 Å². The summed E-state index contributed by atoms with van der Waals surface area (Å²) in [7, 11) is 1.73. The van der Waals surface area contributed by atoms with E-state index in [0.717, 1.165) is 19.7 Å². The Kier molecular flexibility index (Phi) is 4.16. The quantitative estimate of drug-likeness (QED) is 0.661. The maximum absolute atomic E-state index is 9.83. The van der Waals surface area contributed by atoms with Crippen LogP contribution in [0.15, 0.2) is 0 Å². The Balaban J connectivity index is 1.84. The van der Waals surface area contributed by atoms with Gasteiger partial charge in [-0.1, -0.05) is 0 Å². The Bertz CT molecular complexity index is 227. The van der Waals surface area contributed by atoms with Crippen molar-refractivity contribution in [1.82, 2.24) is 4.90 Å². The summed E-state index contributed by atoms with van der Waals surface area (Å²) in [5.74, 6) is 0. The van der Waals surface area contributed by atoms with Gasteiger partial charge in [-0.05, 0) is 19.4 Å². The highest BCUT2D eigenvalue weighted by Gasteiger charge is 2.36. The fourth-order valence-corrected chi connectivity index (χ4v) is 2.62. The summed E-state index contributed by atoms with van der Waals surface area (Å²) in [6.07, 6.45) is 1.71. The molecule has 4 unspecified atom stereocenters. The Morgan fingerprint density at radius 2 is 2.38 bits per heavy atom. The van der Waals surface area contributed by atoms with Crippen molar-refractivity contribution in [1.29, 1.82) is 0 Å². The molecular formula is C11H22N2O3. The van der Waals surface area contributed by atoms with Crippen LogP contribution in [0.2, 0.25) is 0 Å². The first-order valence-corrected chi connectivity index (χ1v) is 6.00. The summed E-state index contributed by atoms with van der Waals surface area (Å²) in [4.78, 5) is 2.34. The minimum atomic E-state index is -0.524. The molecule has 2 saturated heterocycles. The molecule has 94 valence electrons. The smallest absolute Gasteiger partial charge is 0.0987 e. The first-order valence-electron chi connectivity index (χ1n) is 6.00. The first kappa shape index (κ1) is 12.3. The third kappa shape index (κ3) is 2.55. The van der Waals surface area contributed by atoms with Crippen LogP contribution in [0.1, 0.15) is 12.8 Å². The van der Waals surface area contributed by atoms with Crippen molar-refractivity contribution in [3.05, 3.63) is 0 Å². The van der Waals surface area contributed by atoms with Gasteiger partial charge in [0.1, 0.15) is 0 Å². The summed E-state index contributed by atoms with van der Waals surface area (Å²) < 4.78 is 10.7. The highest BCUT2D eigenvalue weighted by Crippen LogP contribution is 2.21. The van der Waals surface area contributed by atoms with Gasteiger partial charge in [-0.15, -0.1) is 0 Å². The zero-order valence-corrected chi connectivity index (χ0v) is 9.84. The summed E-state index contributed by atoms with van der Waals surface area (Å²) in [5, 5.41) is 9.83. The number of likely N-dealkylation sites (tertiary alicyclic amines) is 1. The van der Waals surface area contributed by atoms with Crippen LogP contribution < -0.4 is 5.73 Å². The Labute approximate surface area is 96.5 Å². The molecule has 3 N–H and O–H groups in total. The second-order valence-electron chi connectivity index (χ2n) is 4.77. The molecule has 5 heteroatoms. The number of aliphatic hydroxyl groups is 1. The van der Waals surface area contributed by atoms with Crippen molar-refractivity contribution in [2.75, 3.05) is 33.4 Å². The average molecular weight is 230 g/mol. The van der Waals surface area contributed by atoms with E-state index in [9.17, 15) is 5.11 Å². The van der Waals surface area contributed by atoms with E-state index in [0.29, 0.717) is 12.6 Å². The molecule has 0 amide bonds. The van der Waals surface area contributed by atoms with Crippen LogP contribution >= 0.6 is 0 Å². The van der Waals surface area contributed by atoms with Crippen LogP contribution in [0.4, 0.5) is 0 Å². The monoisotopic (exact) mass is 230 g/mol. The zero-order chi connectivity index (χ0) is 11.5. The van der Waals surface area contributed by atoms with Crippen LogP contribution in [0.3, 0.4) is 0 Å². The lowest BCUT2D eigenvalue weighted by Crippen LogP contribution is -2.44. The van der Waals surface area contributed by atoms with Gasteiger partial charge in [0.25, 0.3) is 0 Å². The molecule has 5 nitrogen and oxygen atoms in total. The molecule has 2 heterocycles. The fourth-order valence-electron chi connectivity index (χ4n) is 2.62. The highest BCUT2D eigenvalue weighted by molar-refractivity contribution is 4.90. The van der Waals surface area contributed by atoms with E-state index in [4.69, 9.17) is 15.2 Å². The van der Waals surface area contributed by atoms with Gasteiger partial charge < -0.3 is 20.3 Å². The van der Waals surface area contributed by atoms with Gasteiger partial charge in [0.2, 0.25) is 0 Å². The maximum atomic E-state index is 9.83. The first-order chi connectivity index (χ1) is 7.72. The molecule has 0 spiro atoms. The average Bonchev–Trinajstić information content (AvgIpc) is 2.82. The molecule has 0 saturated carbocycles. The second-order valence-corrected chi connectivity index (χ2v) is 4.77. The van der Waals surface area contributed by atoms with Crippen LogP contribution in [0.25, 0.3) is 0 Å². The minimum absolute atomic E-state index is 0.132. The number of hydrogen-bond donors (Lipinski definition) is 2. The van der Waals surface area contributed by atoms with Gasteiger partial charge in [-0.25, -0.2) is 0 Å². The van der Waals surface area contributed by atoms with Gasteiger partial charge in [0.05, 0.1) is 31.5 Å². The van der Waals surface area contributed by atoms with Crippen LogP contribution in [-0.4, -0.2) is 67.7 Å². The van der Waals surface area contributed by atoms with E-state index in [2.05, 4.69) is 4.90 Å². The van der Waals surface area contributed by atoms with Crippen molar-refractivity contribution in [2.24, 2.45) is 5.73 Å². The number of rotatable bonds is 4. The molecule has 2 fully saturated rings. The molecule has 0 aromatic carbocycles. The SMILES string of the molecule is COCC1CCCN1CC1OCC(N)C1O. The lowest BCUT2D eigenvalue weighted by molar-refractivity contribution is 0.00507. The third-order valence-electron chi connectivity index (χ3n) is 3.59. The van der Waals surface area contributed by atoms with E-state index in [1.165, 1.54) is 12.8 Å². The lowest BCUT2D eigenvalue weighted by Gasteiger charge is -2.27. The third-order valence-corrected chi connectivity index (χ3v) is 3.59. The van der Waals surface area contributed by atoms with Gasteiger partial charge in [-0.3, -0.25) is 4.90 Å². The van der Waals surface area contributed by atoms with Gasteiger partial charge >= 0.3 is 0 Å². The van der Waals surface area contributed by atoms with Crippen molar-refractivity contribution in [2.45, 2.75) is 37.1 Å². The Morgan fingerprint density at radius 3 is 3.00 bits per heavy atom. The zero-order valence-electron chi connectivity index (χ0n) is 9.84. The predicted molar refractivity (Wildman–Crippen MR) is 60.2 cm³/mol. The van der Waals surface area contributed by atoms with E-state index >= 15 is 0 Å². The highest BCUT2D eigenvalue weighted by atomic mass is 16.5. The summed E-state index contributed by atoms with van der Waals surface area (Å²) >= 11 is 0. The lowest BCUT2D eigenvalue weighted by atomic mass is 10.1. The number of methoxy groups -OCH3 is 1.